The van der Waals surface area contributed by atoms with E-state index in [9.17, 15) is 28.1 Å². The Bertz CT molecular complexity index is 1270. The predicted octanol–water partition coefficient (Wildman–Crippen LogP) is 2.57. The largest absolute Gasteiger partial charge is 0.497 e. The van der Waals surface area contributed by atoms with Gasteiger partial charge in [0.2, 0.25) is 21.8 Å². The lowest BCUT2D eigenvalue weighted by atomic mass is 10.1. The van der Waals surface area contributed by atoms with Crippen LogP contribution in [-0.4, -0.2) is 69.7 Å². The highest BCUT2D eigenvalue weighted by atomic mass is 32.2. The lowest BCUT2D eigenvalue weighted by Gasteiger charge is -2.32. The second kappa shape index (κ2) is 13.1. The number of nitrogens with zero attached hydrogens (tertiary/aromatic N) is 3. The fourth-order valence-corrected chi connectivity index (χ4v) is 4.43. The summed E-state index contributed by atoms with van der Waals surface area (Å²) in [5.74, 6) is -0.356. The lowest BCUT2D eigenvalue weighted by Crippen LogP contribution is -2.51. The molecule has 0 aliphatic carbocycles. The summed E-state index contributed by atoms with van der Waals surface area (Å²) in [5.41, 5.74) is 0.104. The zero-order chi connectivity index (χ0) is 28.6. The molecule has 0 heterocycles. The van der Waals surface area contributed by atoms with Gasteiger partial charge in [-0.15, -0.1) is 0 Å². The highest BCUT2D eigenvalue weighted by Crippen LogP contribution is 2.34. The van der Waals surface area contributed by atoms with Crippen LogP contribution in [0.5, 0.6) is 11.5 Å². The number of rotatable bonds is 13. The molecule has 0 aliphatic rings. The van der Waals surface area contributed by atoms with Crippen molar-refractivity contribution in [2.75, 3.05) is 37.9 Å². The normalized spacial score (nSPS) is 12.0. The van der Waals surface area contributed by atoms with E-state index in [1.54, 1.807) is 31.2 Å². The molecule has 0 aromatic heterocycles. The van der Waals surface area contributed by atoms with Gasteiger partial charge in [-0.1, -0.05) is 26.0 Å². The number of anilines is 1. The summed E-state index contributed by atoms with van der Waals surface area (Å²) in [4.78, 5) is 38.5. The van der Waals surface area contributed by atoms with Crippen LogP contribution in [0.3, 0.4) is 0 Å². The Kier molecular flexibility index (Phi) is 10.5. The van der Waals surface area contributed by atoms with Gasteiger partial charge in [0.1, 0.15) is 29.8 Å². The van der Waals surface area contributed by atoms with Gasteiger partial charge in [-0.25, -0.2) is 8.42 Å². The molecule has 2 amide bonds. The first kappa shape index (κ1) is 30.4. The fourth-order valence-electron chi connectivity index (χ4n) is 3.58. The topological polar surface area (TPSA) is 148 Å². The zero-order valence-corrected chi connectivity index (χ0v) is 23.1. The molecule has 1 N–H and O–H groups in total. The van der Waals surface area contributed by atoms with Crippen molar-refractivity contribution in [2.45, 2.75) is 33.4 Å². The Balaban J connectivity index is 2.51. The van der Waals surface area contributed by atoms with Crippen LogP contribution < -0.4 is 19.1 Å². The summed E-state index contributed by atoms with van der Waals surface area (Å²) in [6.07, 6.45) is 0.879. The molecule has 0 fully saturated rings. The van der Waals surface area contributed by atoms with E-state index in [0.29, 0.717) is 17.9 Å². The van der Waals surface area contributed by atoms with E-state index in [1.165, 1.54) is 31.3 Å². The third-order valence-corrected chi connectivity index (χ3v) is 6.79. The van der Waals surface area contributed by atoms with E-state index in [1.807, 2.05) is 13.8 Å². The average molecular weight is 551 g/mol. The third-order valence-electron chi connectivity index (χ3n) is 5.66. The standard InChI is InChI=1S/C25H34N4O8S/c1-17(2)14-26-25(31)18(3)27(15-19-8-7-9-21(12-19)36-4)24(30)16-28(38(6,34)35)22-13-20(29(32)33)10-11-23(22)37-5/h7-13,17-18H,14-16H2,1-6H3,(H,26,31)/t18-/m0/s1. The minimum absolute atomic E-state index is 0.0179. The molecule has 38 heavy (non-hydrogen) atoms. The van der Waals surface area contributed by atoms with Gasteiger partial charge in [0, 0.05) is 25.2 Å². The van der Waals surface area contributed by atoms with E-state index in [0.717, 1.165) is 16.6 Å². The van der Waals surface area contributed by atoms with Crippen LogP contribution in [0.4, 0.5) is 11.4 Å². The smallest absolute Gasteiger partial charge is 0.271 e. The molecule has 208 valence electrons. The number of nitro groups is 1. The van der Waals surface area contributed by atoms with Gasteiger partial charge in [-0.3, -0.25) is 24.0 Å². The van der Waals surface area contributed by atoms with Crippen molar-refractivity contribution in [2.24, 2.45) is 5.92 Å². The first-order chi connectivity index (χ1) is 17.8. The van der Waals surface area contributed by atoms with E-state index < -0.39 is 39.3 Å². The Hall–Kier alpha value is -3.87. The van der Waals surface area contributed by atoms with Gasteiger partial charge in [-0.05, 0) is 36.6 Å². The summed E-state index contributed by atoms with van der Waals surface area (Å²) in [5, 5.41) is 14.1. The minimum Gasteiger partial charge on any atom is -0.497 e. The number of carbonyl (C=O) groups is 2. The minimum atomic E-state index is -4.11. The summed E-state index contributed by atoms with van der Waals surface area (Å²) < 4.78 is 36.8. The maximum atomic E-state index is 13.7. The van der Waals surface area contributed by atoms with Crippen LogP contribution in [0.2, 0.25) is 0 Å². The molecule has 2 rings (SSSR count). The molecule has 2 aromatic rings. The fraction of sp³-hybridized carbons (Fsp3) is 0.440. The predicted molar refractivity (Wildman–Crippen MR) is 143 cm³/mol. The molecule has 0 saturated carbocycles. The van der Waals surface area contributed by atoms with E-state index in [2.05, 4.69) is 5.32 Å². The van der Waals surface area contributed by atoms with Gasteiger partial charge in [0.15, 0.2) is 0 Å². The molecular formula is C25H34N4O8S. The third kappa shape index (κ3) is 8.07. The van der Waals surface area contributed by atoms with Crippen LogP contribution in [-0.2, 0) is 26.2 Å². The molecule has 0 radical (unpaired) electrons. The number of carbonyl (C=O) groups excluding carboxylic acids is 2. The van der Waals surface area contributed by atoms with E-state index in [-0.39, 0.29) is 29.6 Å². The molecule has 2 aromatic carbocycles. The van der Waals surface area contributed by atoms with Crippen molar-refractivity contribution in [3.05, 3.63) is 58.1 Å². The molecular weight excluding hydrogens is 516 g/mol. The molecule has 0 bridgehead atoms. The molecule has 0 aliphatic heterocycles. The summed E-state index contributed by atoms with van der Waals surface area (Å²) in [7, 11) is -1.33. The summed E-state index contributed by atoms with van der Waals surface area (Å²) in [6, 6.07) is 9.41. The molecule has 0 unspecified atom stereocenters. The van der Waals surface area contributed by atoms with Crippen molar-refractivity contribution >= 4 is 33.2 Å². The molecule has 0 saturated heterocycles. The Labute approximate surface area is 222 Å². The maximum absolute atomic E-state index is 13.7. The molecule has 13 heteroatoms. The summed E-state index contributed by atoms with van der Waals surface area (Å²) in [6.45, 7) is 5.07. The Morgan fingerprint density at radius 1 is 1.08 bits per heavy atom. The zero-order valence-electron chi connectivity index (χ0n) is 22.3. The number of nitrogens with one attached hydrogen (secondary N) is 1. The molecule has 0 spiro atoms. The highest BCUT2D eigenvalue weighted by Gasteiger charge is 2.32. The number of nitro benzene ring substituents is 1. The lowest BCUT2D eigenvalue weighted by molar-refractivity contribution is -0.384. The summed E-state index contributed by atoms with van der Waals surface area (Å²) >= 11 is 0. The van der Waals surface area contributed by atoms with E-state index in [4.69, 9.17) is 9.47 Å². The number of sulfonamides is 1. The Morgan fingerprint density at radius 2 is 1.76 bits per heavy atom. The van der Waals surface area contributed by atoms with Gasteiger partial charge < -0.3 is 19.7 Å². The van der Waals surface area contributed by atoms with Crippen molar-refractivity contribution in [1.29, 1.82) is 0 Å². The van der Waals surface area contributed by atoms with Crippen molar-refractivity contribution in [3.63, 3.8) is 0 Å². The highest BCUT2D eigenvalue weighted by molar-refractivity contribution is 7.92. The van der Waals surface area contributed by atoms with Crippen LogP contribution >= 0.6 is 0 Å². The monoisotopic (exact) mass is 550 g/mol. The average Bonchev–Trinajstić information content (AvgIpc) is 2.87. The van der Waals surface area contributed by atoms with Crippen LogP contribution in [0.25, 0.3) is 0 Å². The second-order valence-corrected chi connectivity index (χ2v) is 11.0. The Morgan fingerprint density at radius 3 is 2.32 bits per heavy atom. The number of amides is 2. The maximum Gasteiger partial charge on any atom is 0.271 e. The van der Waals surface area contributed by atoms with Gasteiger partial charge in [0.25, 0.3) is 5.69 Å². The number of hydrogen-bond donors (Lipinski definition) is 1. The number of ether oxygens (including phenoxy) is 2. The SMILES string of the molecule is COc1cccc(CN(C(=O)CN(c2cc([N+](=O)[O-])ccc2OC)S(C)(=O)=O)[C@@H](C)C(=O)NCC(C)C)c1. The molecule has 1 atom stereocenters. The number of methoxy groups -OCH3 is 2. The quantitative estimate of drug-likeness (QED) is 0.296. The van der Waals surface area contributed by atoms with Crippen LogP contribution in [0.1, 0.15) is 26.3 Å². The number of hydrogen-bond acceptors (Lipinski definition) is 8. The number of benzene rings is 2. The van der Waals surface area contributed by atoms with Crippen molar-refractivity contribution in [1.82, 2.24) is 10.2 Å². The van der Waals surface area contributed by atoms with Crippen LogP contribution in [0, 0.1) is 16.0 Å². The van der Waals surface area contributed by atoms with Crippen LogP contribution in [0.15, 0.2) is 42.5 Å². The first-order valence-corrected chi connectivity index (χ1v) is 13.6. The molecule has 12 nitrogen and oxygen atoms in total. The second-order valence-electron chi connectivity index (χ2n) is 9.07. The van der Waals surface area contributed by atoms with Crippen molar-refractivity contribution in [3.8, 4) is 11.5 Å². The number of non-ortho nitro benzene ring substituents is 1. The van der Waals surface area contributed by atoms with E-state index >= 15 is 0 Å². The van der Waals surface area contributed by atoms with Gasteiger partial charge >= 0.3 is 0 Å². The van der Waals surface area contributed by atoms with Gasteiger partial charge in [-0.2, -0.15) is 0 Å². The first-order valence-electron chi connectivity index (χ1n) is 11.8. The van der Waals surface area contributed by atoms with Gasteiger partial charge in [0.05, 0.1) is 25.4 Å². The van der Waals surface area contributed by atoms with Crippen molar-refractivity contribution < 1.29 is 32.4 Å².